The van der Waals surface area contributed by atoms with Crippen LogP contribution in [0.5, 0.6) is 0 Å². The molecule has 1 aromatic rings. The molecular formula is C8H6O5Ti. The molecule has 2 N–H and O–H groups in total. The van der Waals surface area contributed by atoms with Crippen LogP contribution in [0.25, 0.3) is 0 Å². The molecule has 0 radical (unpaired) electrons. The van der Waals surface area contributed by atoms with Crippen molar-refractivity contribution >= 4 is 11.9 Å². The van der Waals surface area contributed by atoms with E-state index >= 15 is 0 Å². The monoisotopic (exact) mass is 230 g/mol. The van der Waals surface area contributed by atoms with Crippen LogP contribution in [0.3, 0.4) is 0 Å². The van der Waals surface area contributed by atoms with Crippen molar-refractivity contribution in [3.63, 3.8) is 0 Å². The van der Waals surface area contributed by atoms with E-state index in [1.807, 2.05) is 0 Å². The van der Waals surface area contributed by atoms with Gasteiger partial charge < -0.3 is 10.2 Å². The Bertz CT molecular complexity index is 316. The molecule has 5 nitrogen and oxygen atoms in total. The zero-order valence-electron chi connectivity index (χ0n) is 6.93. The summed E-state index contributed by atoms with van der Waals surface area (Å²) in [5.41, 5.74) is -0.380. The van der Waals surface area contributed by atoms with E-state index in [2.05, 4.69) is 0 Å². The van der Waals surface area contributed by atoms with Crippen LogP contribution in [0.15, 0.2) is 24.3 Å². The van der Waals surface area contributed by atoms with Crippen LogP contribution in [0.1, 0.15) is 20.7 Å². The van der Waals surface area contributed by atoms with Gasteiger partial charge in [-0.3, -0.25) is 0 Å². The van der Waals surface area contributed by atoms with Gasteiger partial charge in [0.25, 0.3) is 0 Å². The second-order valence-corrected chi connectivity index (χ2v) is 2.16. The van der Waals surface area contributed by atoms with E-state index in [1.54, 1.807) is 0 Å². The zero-order valence-corrected chi connectivity index (χ0v) is 8.49. The predicted octanol–water partition coefficient (Wildman–Crippen LogP) is 0.962. The standard InChI is InChI=1S/C8H6O4.O.Ti/c9-7(10)5-3-1-2-4-6(5)8(11)12;;/h1-4H,(H,9,10)(H,11,12);;. The molecule has 0 aliphatic rings. The summed E-state index contributed by atoms with van der Waals surface area (Å²) in [4.78, 5) is 20.9. The van der Waals surface area contributed by atoms with Crippen LogP contribution >= 0.6 is 0 Å². The Morgan fingerprint density at radius 1 is 0.929 bits per heavy atom. The molecule has 0 fully saturated rings. The number of hydrogen-bond acceptors (Lipinski definition) is 3. The van der Waals surface area contributed by atoms with Crippen molar-refractivity contribution in [1.29, 1.82) is 0 Å². The molecule has 72 valence electrons. The van der Waals surface area contributed by atoms with Gasteiger partial charge in [0, 0.05) is 0 Å². The van der Waals surface area contributed by atoms with Gasteiger partial charge in [-0.2, -0.15) is 0 Å². The molecule has 6 heteroatoms. The van der Waals surface area contributed by atoms with Gasteiger partial charge >= 0.3 is 35.7 Å². The van der Waals surface area contributed by atoms with Gasteiger partial charge in [-0.15, -0.1) is 0 Å². The molecule has 14 heavy (non-hydrogen) atoms. The van der Waals surface area contributed by atoms with Crippen molar-refractivity contribution in [2.75, 3.05) is 0 Å². The average Bonchev–Trinajstić information content (AvgIpc) is 2.20. The molecule has 0 atom stereocenters. The fraction of sp³-hybridized carbons (Fsp3) is 0. The summed E-state index contributed by atoms with van der Waals surface area (Å²) in [7, 11) is 0. The van der Waals surface area contributed by atoms with E-state index in [0.717, 1.165) is 20.4 Å². The Balaban J connectivity index is 0.000000791. The number of carboxylic acids is 2. The second kappa shape index (κ2) is 6.18. The summed E-state index contributed by atoms with van der Waals surface area (Å²) < 4.78 is 8.25. The van der Waals surface area contributed by atoms with Crippen LogP contribution in [-0.4, -0.2) is 22.2 Å². The van der Waals surface area contributed by atoms with Crippen LogP contribution in [0.4, 0.5) is 0 Å². The third kappa shape index (κ3) is 3.20. The number of aromatic carboxylic acids is 2. The molecule has 0 bridgehead atoms. The third-order valence-corrected chi connectivity index (χ3v) is 1.39. The van der Waals surface area contributed by atoms with E-state index in [-0.39, 0.29) is 11.1 Å². The van der Waals surface area contributed by atoms with Crippen LogP contribution < -0.4 is 0 Å². The Morgan fingerprint density at radius 3 is 1.43 bits per heavy atom. The Kier molecular flexibility index (Phi) is 5.59. The molecule has 0 amide bonds. The molecule has 0 spiro atoms. The number of hydrogen-bond donors (Lipinski definition) is 2. The Hall–Kier alpha value is -1.33. The van der Waals surface area contributed by atoms with Crippen molar-refractivity contribution in [3.05, 3.63) is 35.4 Å². The molecule has 0 aromatic heterocycles. The van der Waals surface area contributed by atoms with Crippen molar-refractivity contribution in [1.82, 2.24) is 0 Å². The van der Waals surface area contributed by atoms with Gasteiger partial charge in [0.1, 0.15) is 0 Å². The van der Waals surface area contributed by atoms with Crippen molar-refractivity contribution < 1.29 is 43.5 Å². The topological polar surface area (TPSA) is 91.7 Å². The first kappa shape index (κ1) is 12.7. The number of benzene rings is 1. The SMILES string of the molecule is O=C(O)c1ccccc1C(=O)O.[O]=[Ti]. The average molecular weight is 230 g/mol. The van der Waals surface area contributed by atoms with Gasteiger partial charge in [0.05, 0.1) is 11.1 Å². The van der Waals surface area contributed by atoms with Crippen molar-refractivity contribution in [2.45, 2.75) is 0 Å². The number of carbonyl (C=O) groups is 2. The van der Waals surface area contributed by atoms with Crippen LogP contribution in [0.2, 0.25) is 0 Å². The number of carboxylic acid groups (broad SMARTS) is 2. The summed E-state index contributed by atoms with van der Waals surface area (Å²) in [6.07, 6.45) is 0. The minimum atomic E-state index is -1.23. The van der Waals surface area contributed by atoms with Gasteiger partial charge in [0.2, 0.25) is 0 Å². The van der Waals surface area contributed by atoms with Crippen molar-refractivity contribution in [3.8, 4) is 0 Å². The van der Waals surface area contributed by atoms with Gasteiger partial charge in [-0.05, 0) is 12.1 Å². The first-order valence-electron chi connectivity index (χ1n) is 3.39. The summed E-state index contributed by atoms with van der Waals surface area (Å²) in [6.45, 7) is 0. The first-order chi connectivity index (χ1) is 6.63. The quantitative estimate of drug-likeness (QED) is 0.738. The van der Waals surface area contributed by atoms with Crippen LogP contribution in [-0.2, 0) is 23.7 Å². The normalized spacial score (nSPS) is 8.21. The molecule has 0 aliphatic heterocycles. The molecular weight excluding hydrogens is 224 g/mol. The minimum absolute atomic E-state index is 0.190. The molecule has 0 aliphatic carbocycles. The molecule has 0 unspecified atom stereocenters. The van der Waals surface area contributed by atoms with E-state index in [9.17, 15) is 9.59 Å². The van der Waals surface area contributed by atoms with Gasteiger partial charge in [-0.1, -0.05) is 12.1 Å². The molecule has 0 heterocycles. The summed E-state index contributed by atoms with van der Waals surface area (Å²) in [6, 6.07) is 5.48. The van der Waals surface area contributed by atoms with E-state index in [1.165, 1.54) is 24.3 Å². The molecule has 1 aromatic carbocycles. The molecule has 1 rings (SSSR count). The van der Waals surface area contributed by atoms with E-state index in [4.69, 9.17) is 13.5 Å². The summed E-state index contributed by atoms with van der Waals surface area (Å²) >= 11 is 0.750. The first-order valence-corrected chi connectivity index (χ1v) is 4.02. The van der Waals surface area contributed by atoms with Gasteiger partial charge in [-0.25, -0.2) is 9.59 Å². The maximum atomic E-state index is 10.5. The number of rotatable bonds is 2. The fourth-order valence-corrected chi connectivity index (χ4v) is 0.856. The fourth-order valence-electron chi connectivity index (χ4n) is 0.856. The van der Waals surface area contributed by atoms with Gasteiger partial charge in [0.15, 0.2) is 0 Å². The molecule has 0 saturated heterocycles. The Labute approximate surface area is 91.1 Å². The third-order valence-electron chi connectivity index (χ3n) is 1.39. The molecule has 0 saturated carbocycles. The maximum absolute atomic E-state index is 10.5. The summed E-state index contributed by atoms with van der Waals surface area (Å²) in [5, 5.41) is 17.1. The van der Waals surface area contributed by atoms with E-state index < -0.39 is 11.9 Å². The van der Waals surface area contributed by atoms with Crippen molar-refractivity contribution in [2.24, 2.45) is 0 Å². The Morgan fingerprint density at radius 2 is 1.21 bits per heavy atom. The summed E-state index contributed by atoms with van der Waals surface area (Å²) in [5.74, 6) is -2.46. The second-order valence-electron chi connectivity index (χ2n) is 2.16. The zero-order chi connectivity index (χ0) is 11.1. The van der Waals surface area contributed by atoms with Crippen LogP contribution in [0, 0.1) is 0 Å². The van der Waals surface area contributed by atoms with E-state index in [0.29, 0.717) is 0 Å². The predicted molar refractivity (Wildman–Crippen MR) is 41.0 cm³/mol.